The highest BCUT2D eigenvalue weighted by Crippen LogP contribution is 2.21. The Kier molecular flexibility index (Phi) is 5.74. The Morgan fingerprint density at radius 1 is 1.26 bits per heavy atom. The molecular formula is C17H29N3O3. The highest BCUT2D eigenvalue weighted by molar-refractivity contribution is 5.94. The molecule has 0 spiro atoms. The maximum Gasteiger partial charge on any atom is 0.264 e. The van der Waals surface area contributed by atoms with Crippen LogP contribution in [0.25, 0.3) is 0 Å². The molecule has 1 aromatic heterocycles. The summed E-state index contributed by atoms with van der Waals surface area (Å²) in [5.41, 5.74) is -0.322. The summed E-state index contributed by atoms with van der Waals surface area (Å²) in [6.45, 7) is 14.0. The van der Waals surface area contributed by atoms with Gasteiger partial charge in [0, 0.05) is 19.1 Å². The first-order valence-electron chi connectivity index (χ1n) is 7.80. The van der Waals surface area contributed by atoms with Gasteiger partial charge in [-0.2, -0.15) is 0 Å². The standard InChI is InChI=1S/C17H29N3O3/c1-10-12(14(22)20-15(19-10)17(5,6)7)13(21)18-9-11(23-8)16(2,3)4/h11H,9H2,1-8H3,(H,18,21)(H,19,20,22)/t11-/m0/s1. The predicted octanol–water partition coefficient (Wildman–Crippen LogP) is 2.17. The van der Waals surface area contributed by atoms with Crippen molar-refractivity contribution in [1.29, 1.82) is 0 Å². The van der Waals surface area contributed by atoms with E-state index in [0.717, 1.165) is 0 Å². The molecule has 6 nitrogen and oxygen atoms in total. The van der Waals surface area contributed by atoms with Gasteiger partial charge in [-0.25, -0.2) is 4.98 Å². The summed E-state index contributed by atoms with van der Waals surface area (Å²) >= 11 is 0. The van der Waals surface area contributed by atoms with Crippen molar-refractivity contribution in [3.8, 4) is 0 Å². The summed E-state index contributed by atoms with van der Waals surface area (Å²) in [4.78, 5) is 31.7. The molecule has 1 rings (SSSR count). The van der Waals surface area contributed by atoms with Crippen molar-refractivity contribution in [2.24, 2.45) is 5.41 Å². The van der Waals surface area contributed by atoms with Gasteiger partial charge in [0.15, 0.2) is 0 Å². The topological polar surface area (TPSA) is 84.1 Å². The van der Waals surface area contributed by atoms with Crippen LogP contribution in [0.3, 0.4) is 0 Å². The molecule has 0 radical (unpaired) electrons. The monoisotopic (exact) mass is 323 g/mol. The molecule has 0 fully saturated rings. The Labute approximate surface area is 138 Å². The van der Waals surface area contributed by atoms with E-state index in [1.54, 1.807) is 14.0 Å². The van der Waals surface area contributed by atoms with Crippen molar-refractivity contribution >= 4 is 5.91 Å². The molecule has 23 heavy (non-hydrogen) atoms. The number of methoxy groups -OCH3 is 1. The van der Waals surface area contributed by atoms with Crippen LogP contribution in [-0.4, -0.2) is 35.6 Å². The first-order chi connectivity index (χ1) is 10.4. The minimum atomic E-state index is -0.428. The van der Waals surface area contributed by atoms with E-state index in [0.29, 0.717) is 18.1 Å². The molecule has 2 N–H and O–H groups in total. The molecule has 0 aliphatic heterocycles. The summed E-state index contributed by atoms with van der Waals surface area (Å²) < 4.78 is 5.41. The smallest absolute Gasteiger partial charge is 0.264 e. The van der Waals surface area contributed by atoms with E-state index in [2.05, 4.69) is 15.3 Å². The molecule has 0 aliphatic rings. The van der Waals surface area contributed by atoms with E-state index in [4.69, 9.17) is 4.74 Å². The van der Waals surface area contributed by atoms with Crippen molar-refractivity contribution < 1.29 is 9.53 Å². The Morgan fingerprint density at radius 3 is 2.22 bits per heavy atom. The minimum absolute atomic E-state index is 0.0572. The van der Waals surface area contributed by atoms with E-state index >= 15 is 0 Å². The van der Waals surface area contributed by atoms with Crippen molar-refractivity contribution in [2.45, 2.75) is 60.0 Å². The van der Waals surface area contributed by atoms with Crippen LogP contribution in [0.2, 0.25) is 0 Å². The van der Waals surface area contributed by atoms with E-state index in [-0.39, 0.29) is 22.5 Å². The molecule has 0 aliphatic carbocycles. The number of aromatic amines is 1. The maximum absolute atomic E-state index is 12.4. The van der Waals surface area contributed by atoms with Gasteiger partial charge in [0.25, 0.3) is 11.5 Å². The lowest BCUT2D eigenvalue weighted by Crippen LogP contribution is -2.42. The second-order valence-corrected chi connectivity index (χ2v) is 7.93. The number of ether oxygens (including phenoxy) is 1. The maximum atomic E-state index is 12.4. The van der Waals surface area contributed by atoms with Gasteiger partial charge in [-0.3, -0.25) is 9.59 Å². The van der Waals surface area contributed by atoms with Gasteiger partial charge in [0.2, 0.25) is 0 Å². The van der Waals surface area contributed by atoms with Crippen LogP contribution in [0.4, 0.5) is 0 Å². The molecular weight excluding hydrogens is 294 g/mol. The SMILES string of the molecule is CO[C@@H](CNC(=O)c1c(C)nc(C(C)(C)C)[nH]c1=O)C(C)(C)C. The number of hydrogen-bond acceptors (Lipinski definition) is 4. The van der Waals surface area contributed by atoms with Crippen molar-refractivity contribution in [3.63, 3.8) is 0 Å². The number of aromatic nitrogens is 2. The van der Waals surface area contributed by atoms with E-state index in [1.807, 2.05) is 41.5 Å². The molecule has 130 valence electrons. The van der Waals surface area contributed by atoms with Gasteiger partial charge in [-0.15, -0.1) is 0 Å². The number of aryl methyl sites for hydroxylation is 1. The Balaban J connectivity index is 3.00. The van der Waals surface area contributed by atoms with Crippen molar-refractivity contribution in [2.75, 3.05) is 13.7 Å². The third kappa shape index (κ3) is 4.89. The zero-order valence-electron chi connectivity index (χ0n) is 15.5. The molecule has 6 heteroatoms. The fourth-order valence-corrected chi connectivity index (χ4v) is 2.23. The number of hydrogen-bond donors (Lipinski definition) is 2. The summed E-state index contributed by atoms with van der Waals surface area (Å²) in [5, 5.41) is 2.77. The number of carbonyl (C=O) groups is 1. The normalized spacial score (nSPS) is 13.7. The van der Waals surface area contributed by atoms with Gasteiger partial charge in [0.1, 0.15) is 11.4 Å². The van der Waals surface area contributed by atoms with Crippen LogP contribution < -0.4 is 10.9 Å². The van der Waals surface area contributed by atoms with E-state index < -0.39 is 11.5 Å². The molecule has 0 aromatic carbocycles. The van der Waals surface area contributed by atoms with Gasteiger partial charge < -0.3 is 15.0 Å². The van der Waals surface area contributed by atoms with Crippen LogP contribution in [0, 0.1) is 12.3 Å². The third-order valence-corrected chi connectivity index (χ3v) is 3.74. The zero-order valence-corrected chi connectivity index (χ0v) is 15.5. The lowest BCUT2D eigenvalue weighted by Gasteiger charge is -2.29. The molecule has 0 saturated carbocycles. The fourth-order valence-electron chi connectivity index (χ4n) is 2.23. The first-order valence-corrected chi connectivity index (χ1v) is 7.80. The van der Waals surface area contributed by atoms with Gasteiger partial charge in [-0.1, -0.05) is 41.5 Å². The minimum Gasteiger partial charge on any atom is -0.379 e. The lowest BCUT2D eigenvalue weighted by molar-refractivity contribution is 0.0175. The van der Waals surface area contributed by atoms with Gasteiger partial charge >= 0.3 is 0 Å². The Bertz CT molecular complexity index is 621. The second kappa shape index (κ2) is 6.83. The largest absolute Gasteiger partial charge is 0.379 e. The highest BCUT2D eigenvalue weighted by atomic mass is 16.5. The molecule has 0 unspecified atom stereocenters. The van der Waals surface area contributed by atoms with Gasteiger partial charge in [0.05, 0.1) is 11.8 Å². The van der Waals surface area contributed by atoms with Crippen LogP contribution in [0.1, 0.15) is 63.4 Å². The number of nitrogens with zero attached hydrogens (tertiary/aromatic N) is 1. The average molecular weight is 323 g/mol. The first kappa shape index (κ1) is 19.4. The Morgan fingerprint density at radius 2 is 1.83 bits per heavy atom. The molecule has 1 heterocycles. The number of H-pyrrole nitrogens is 1. The third-order valence-electron chi connectivity index (χ3n) is 3.74. The highest BCUT2D eigenvalue weighted by Gasteiger charge is 2.26. The second-order valence-electron chi connectivity index (χ2n) is 7.93. The zero-order chi connectivity index (χ0) is 18.0. The summed E-state index contributed by atoms with van der Waals surface area (Å²) in [5.74, 6) is 0.143. The number of nitrogens with one attached hydrogen (secondary N) is 2. The molecule has 0 saturated heterocycles. The van der Waals surface area contributed by atoms with Crippen LogP contribution >= 0.6 is 0 Å². The number of rotatable bonds is 4. The number of carbonyl (C=O) groups excluding carboxylic acids is 1. The molecule has 0 bridgehead atoms. The van der Waals surface area contributed by atoms with Crippen molar-refractivity contribution in [3.05, 3.63) is 27.4 Å². The Hall–Kier alpha value is -1.69. The van der Waals surface area contributed by atoms with Crippen LogP contribution in [0.15, 0.2) is 4.79 Å². The average Bonchev–Trinajstić information content (AvgIpc) is 2.35. The summed E-state index contributed by atoms with van der Waals surface area (Å²) in [6, 6.07) is 0. The summed E-state index contributed by atoms with van der Waals surface area (Å²) in [6.07, 6.45) is -0.146. The van der Waals surface area contributed by atoms with Crippen LogP contribution in [-0.2, 0) is 10.2 Å². The van der Waals surface area contributed by atoms with E-state index in [9.17, 15) is 9.59 Å². The number of amides is 1. The molecule has 1 aromatic rings. The fraction of sp³-hybridized carbons (Fsp3) is 0.706. The molecule has 1 amide bonds. The van der Waals surface area contributed by atoms with Gasteiger partial charge in [-0.05, 0) is 12.3 Å². The summed E-state index contributed by atoms with van der Waals surface area (Å²) in [7, 11) is 1.61. The quantitative estimate of drug-likeness (QED) is 0.889. The van der Waals surface area contributed by atoms with Crippen molar-refractivity contribution in [1.82, 2.24) is 15.3 Å². The molecule has 1 atom stereocenters. The lowest BCUT2D eigenvalue weighted by atomic mass is 9.89. The predicted molar refractivity (Wildman–Crippen MR) is 90.9 cm³/mol. The van der Waals surface area contributed by atoms with Crippen LogP contribution in [0.5, 0.6) is 0 Å². The van der Waals surface area contributed by atoms with E-state index in [1.165, 1.54) is 0 Å².